The zero-order valence-corrected chi connectivity index (χ0v) is 15.9. The second-order valence-corrected chi connectivity index (χ2v) is 6.48. The molecule has 0 aliphatic rings. The normalized spacial score (nSPS) is 10.9. The number of amides is 1. The molecule has 2 N–H and O–H groups in total. The number of hydrogen-bond donors (Lipinski definition) is 2. The summed E-state index contributed by atoms with van der Waals surface area (Å²) in [4.78, 5) is 13.4. The summed E-state index contributed by atoms with van der Waals surface area (Å²) in [6.45, 7) is 2.56. The maximum absolute atomic E-state index is 12.2. The molecule has 0 aliphatic carbocycles. The molecule has 0 fully saturated rings. The molecule has 3 rings (SSSR count). The van der Waals surface area contributed by atoms with Gasteiger partial charge in [-0.1, -0.05) is 12.1 Å². The molecule has 0 bridgehead atoms. The van der Waals surface area contributed by atoms with Crippen LogP contribution in [-0.2, 0) is 0 Å². The molecule has 0 radical (unpaired) electrons. The standard InChI is InChI=1S/C20H20N4O2S/c1-3-26-16-8-6-15(7-9-16)18-12-19(23-22-18)20(25)24-21-13-14-4-10-17(27-2)11-5-14/h4-13H,3H2,1-2H3,(H,22,23)(H,24,25)/b21-13+. The first-order valence-corrected chi connectivity index (χ1v) is 9.68. The van der Waals surface area contributed by atoms with Gasteiger partial charge < -0.3 is 4.74 Å². The number of nitrogens with one attached hydrogen (secondary N) is 2. The molecule has 1 aromatic heterocycles. The first-order chi connectivity index (χ1) is 13.2. The fourth-order valence-electron chi connectivity index (χ4n) is 2.39. The molecule has 0 unspecified atom stereocenters. The molecule has 0 atom stereocenters. The van der Waals surface area contributed by atoms with Crippen LogP contribution in [0, 0.1) is 0 Å². The summed E-state index contributed by atoms with van der Waals surface area (Å²) in [6, 6.07) is 17.1. The molecule has 6 nitrogen and oxygen atoms in total. The summed E-state index contributed by atoms with van der Waals surface area (Å²) in [7, 11) is 0. The van der Waals surface area contributed by atoms with Crippen LogP contribution in [0.15, 0.2) is 64.6 Å². The average Bonchev–Trinajstić information content (AvgIpc) is 3.20. The van der Waals surface area contributed by atoms with E-state index < -0.39 is 0 Å². The number of hydrogen-bond acceptors (Lipinski definition) is 5. The van der Waals surface area contributed by atoms with E-state index in [9.17, 15) is 4.79 Å². The van der Waals surface area contributed by atoms with Crippen LogP contribution in [-0.4, -0.2) is 35.2 Å². The fraction of sp³-hybridized carbons (Fsp3) is 0.150. The Morgan fingerprint density at radius 3 is 2.63 bits per heavy atom. The lowest BCUT2D eigenvalue weighted by molar-refractivity contribution is 0.0950. The Hall–Kier alpha value is -3.06. The fourth-order valence-corrected chi connectivity index (χ4v) is 2.80. The van der Waals surface area contributed by atoms with E-state index in [1.807, 2.05) is 61.7 Å². The van der Waals surface area contributed by atoms with Crippen molar-refractivity contribution in [1.82, 2.24) is 15.6 Å². The van der Waals surface area contributed by atoms with Gasteiger partial charge in [0.25, 0.3) is 5.91 Å². The third-order valence-electron chi connectivity index (χ3n) is 3.78. The van der Waals surface area contributed by atoms with Crippen molar-refractivity contribution in [2.75, 3.05) is 12.9 Å². The Morgan fingerprint density at radius 1 is 1.22 bits per heavy atom. The molecule has 0 aliphatic heterocycles. The predicted molar refractivity (Wildman–Crippen MR) is 108 cm³/mol. The molecule has 0 saturated carbocycles. The average molecular weight is 380 g/mol. The van der Waals surface area contributed by atoms with Gasteiger partial charge in [-0.25, -0.2) is 5.43 Å². The van der Waals surface area contributed by atoms with Crippen LogP contribution < -0.4 is 10.2 Å². The van der Waals surface area contributed by atoms with E-state index in [4.69, 9.17) is 4.74 Å². The number of benzene rings is 2. The highest BCUT2D eigenvalue weighted by molar-refractivity contribution is 7.98. The van der Waals surface area contributed by atoms with E-state index in [0.29, 0.717) is 18.0 Å². The number of hydrazone groups is 1. The van der Waals surface area contributed by atoms with Crippen molar-refractivity contribution in [2.45, 2.75) is 11.8 Å². The third kappa shape index (κ3) is 4.98. The van der Waals surface area contributed by atoms with Crippen LogP contribution >= 0.6 is 11.8 Å². The van der Waals surface area contributed by atoms with Crippen LogP contribution in [0.4, 0.5) is 0 Å². The molecule has 1 heterocycles. The van der Waals surface area contributed by atoms with Gasteiger partial charge in [-0.3, -0.25) is 9.89 Å². The number of rotatable bonds is 7. The van der Waals surface area contributed by atoms with Gasteiger partial charge in [0.05, 0.1) is 18.5 Å². The second-order valence-electron chi connectivity index (χ2n) is 5.60. The van der Waals surface area contributed by atoms with E-state index in [1.165, 1.54) is 4.90 Å². The van der Waals surface area contributed by atoms with Crippen molar-refractivity contribution < 1.29 is 9.53 Å². The van der Waals surface area contributed by atoms with Crippen LogP contribution in [0.25, 0.3) is 11.3 Å². The minimum Gasteiger partial charge on any atom is -0.494 e. The zero-order valence-electron chi connectivity index (χ0n) is 15.1. The molecule has 7 heteroatoms. The smallest absolute Gasteiger partial charge is 0.289 e. The highest BCUT2D eigenvalue weighted by Gasteiger charge is 2.10. The lowest BCUT2D eigenvalue weighted by atomic mass is 10.1. The molecule has 138 valence electrons. The molecule has 0 spiro atoms. The van der Waals surface area contributed by atoms with E-state index in [1.54, 1.807) is 24.0 Å². The number of carbonyl (C=O) groups is 1. The van der Waals surface area contributed by atoms with Crippen molar-refractivity contribution >= 4 is 23.9 Å². The molecule has 27 heavy (non-hydrogen) atoms. The maximum atomic E-state index is 12.2. The Bertz CT molecular complexity index is 918. The van der Waals surface area contributed by atoms with Gasteiger partial charge in [-0.15, -0.1) is 11.8 Å². The molecule has 3 aromatic rings. The number of nitrogens with zero attached hydrogens (tertiary/aromatic N) is 2. The highest BCUT2D eigenvalue weighted by atomic mass is 32.2. The highest BCUT2D eigenvalue weighted by Crippen LogP contribution is 2.21. The van der Waals surface area contributed by atoms with Gasteiger partial charge >= 0.3 is 0 Å². The van der Waals surface area contributed by atoms with E-state index >= 15 is 0 Å². The van der Waals surface area contributed by atoms with Gasteiger partial charge in [-0.2, -0.15) is 10.2 Å². The van der Waals surface area contributed by atoms with Gasteiger partial charge in [0.1, 0.15) is 11.4 Å². The van der Waals surface area contributed by atoms with Crippen molar-refractivity contribution in [3.8, 4) is 17.0 Å². The topological polar surface area (TPSA) is 79.4 Å². The summed E-state index contributed by atoms with van der Waals surface area (Å²) in [6.07, 6.45) is 3.63. The van der Waals surface area contributed by atoms with Gasteiger partial charge in [0.2, 0.25) is 0 Å². The number of ether oxygens (including phenoxy) is 1. The van der Waals surface area contributed by atoms with Crippen LogP contribution in [0.1, 0.15) is 23.0 Å². The van der Waals surface area contributed by atoms with Crippen LogP contribution in [0.5, 0.6) is 5.75 Å². The maximum Gasteiger partial charge on any atom is 0.289 e. The van der Waals surface area contributed by atoms with Crippen LogP contribution in [0.2, 0.25) is 0 Å². The lowest BCUT2D eigenvalue weighted by Gasteiger charge is -2.02. The lowest BCUT2D eigenvalue weighted by Crippen LogP contribution is -2.17. The van der Waals surface area contributed by atoms with E-state index in [2.05, 4.69) is 20.7 Å². The van der Waals surface area contributed by atoms with Crippen LogP contribution in [0.3, 0.4) is 0 Å². The summed E-state index contributed by atoms with van der Waals surface area (Å²) in [5, 5.41) is 10.9. The Labute approximate surface area is 162 Å². The minimum absolute atomic E-state index is 0.341. The number of carbonyl (C=O) groups excluding carboxylic acids is 1. The van der Waals surface area contributed by atoms with Crippen molar-refractivity contribution in [2.24, 2.45) is 5.10 Å². The number of aromatic nitrogens is 2. The molecule has 0 saturated heterocycles. The second kappa shape index (κ2) is 9.05. The van der Waals surface area contributed by atoms with Gasteiger partial charge in [0, 0.05) is 10.5 Å². The monoisotopic (exact) mass is 380 g/mol. The SMILES string of the molecule is CCOc1ccc(-c2cc(C(=O)N/N=C/c3ccc(SC)cc3)[nH]n2)cc1. The van der Waals surface area contributed by atoms with Gasteiger partial charge in [0.15, 0.2) is 0 Å². The van der Waals surface area contributed by atoms with Crippen molar-refractivity contribution in [3.63, 3.8) is 0 Å². The molecular weight excluding hydrogens is 360 g/mol. The van der Waals surface area contributed by atoms with Crippen molar-refractivity contribution in [3.05, 3.63) is 65.9 Å². The van der Waals surface area contributed by atoms with E-state index in [0.717, 1.165) is 16.9 Å². The number of thioether (sulfide) groups is 1. The van der Waals surface area contributed by atoms with Gasteiger partial charge in [-0.05, 0) is 61.2 Å². The van der Waals surface area contributed by atoms with E-state index in [-0.39, 0.29) is 5.91 Å². The Morgan fingerprint density at radius 2 is 1.96 bits per heavy atom. The first-order valence-electron chi connectivity index (χ1n) is 8.45. The largest absolute Gasteiger partial charge is 0.494 e. The Kier molecular flexibility index (Phi) is 6.27. The summed E-state index contributed by atoms with van der Waals surface area (Å²) >= 11 is 1.67. The Balaban J connectivity index is 1.61. The molecule has 1 amide bonds. The zero-order chi connectivity index (χ0) is 19.1. The molecule has 2 aromatic carbocycles. The molecular formula is C20H20N4O2S. The number of aromatic amines is 1. The first kappa shape index (κ1) is 18.7. The third-order valence-corrected chi connectivity index (χ3v) is 4.52. The number of H-pyrrole nitrogens is 1. The minimum atomic E-state index is -0.350. The quantitative estimate of drug-likeness (QED) is 0.369. The summed E-state index contributed by atoms with van der Waals surface area (Å²) < 4.78 is 5.42. The summed E-state index contributed by atoms with van der Waals surface area (Å²) in [5.74, 6) is 0.450. The van der Waals surface area contributed by atoms with Crippen molar-refractivity contribution in [1.29, 1.82) is 0 Å². The predicted octanol–water partition coefficient (Wildman–Crippen LogP) is 3.96. The summed E-state index contributed by atoms with van der Waals surface area (Å²) in [5.41, 5.74) is 5.33.